The zero-order valence-electron chi connectivity index (χ0n) is 9.57. The van der Waals surface area contributed by atoms with Gasteiger partial charge in [0.1, 0.15) is 0 Å². The van der Waals surface area contributed by atoms with Crippen LogP contribution in [0.15, 0.2) is 41.4 Å². The minimum Gasteiger partial charge on any atom is -0.378 e. The van der Waals surface area contributed by atoms with Gasteiger partial charge in [-0.3, -0.25) is 0 Å². The van der Waals surface area contributed by atoms with Gasteiger partial charge in [0, 0.05) is 24.8 Å². The maximum Gasteiger partial charge on any atom is 0.0369 e. The minimum absolute atomic E-state index is 0.828. The topological polar surface area (TPSA) is 3.24 Å². The van der Waals surface area contributed by atoms with E-state index in [1.165, 1.54) is 16.8 Å². The third-order valence-corrected chi connectivity index (χ3v) is 2.92. The van der Waals surface area contributed by atoms with Crippen molar-refractivity contribution in [1.82, 2.24) is 0 Å². The number of nitrogens with zero attached hydrogens (tertiary/aromatic N) is 1. The van der Waals surface area contributed by atoms with Gasteiger partial charge in [0.05, 0.1) is 0 Å². The van der Waals surface area contributed by atoms with Crippen LogP contribution < -0.4 is 4.90 Å². The monoisotopic (exact) mass is 232 g/mol. The first-order valence-electron chi connectivity index (χ1n) is 5.35. The van der Waals surface area contributed by atoms with Crippen molar-refractivity contribution < 1.29 is 0 Å². The Hall–Kier alpha value is -1.21. The third kappa shape index (κ3) is 2.48. The van der Waals surface area contributed by atoms with Crippen molar-refractivity contribution in [1.29, 1.82) is 0 Å². The van der Waals surface area contributed by atoms with Gasteiger partial charge in [0.2, 0.25) is 0 Å². The SMILES string of the molecule is CN(C)c1ccc(C2=CC(Cl)=CC[CH]2)cc1. The zero-order valence-corrected chi connectivity index (χ0v) is 10.3. The molecule has 2 rings (SSSR count). The van der Waals surface area contributed by atoms with Gasteiger partial charge in [-0.05, 0) is 42.2 Å². The van der Waals surface area contributed by atoms with Gasteiger partial charge < -0.3 is 4.90 Å². The summed E-state index contributed by atoms with van der Waals surface area (Å²) in [6.07, 6.45) is 7.13. The predicted molar refractivity (Wildman–Crippen MR) is 71.6 cm³/mol. The molecule has 1 aliphatic rings. The van der Waals surface area contributed by atoms with Crippen LogP contribution in [0.3, 0.4) is 0 Å². The molecule has 0 fully saturated rings. The van der Waals surface area contributed by atoms with E-state index in [9.17, 15) is 0 Å². The fourth-order valence-corrected chi connectivity index (χ4v) is 1.92. The number of benzene rings is 1. The molecule has 2 heteroatoms. The fourth-order valence-electron chi connectivity index (χ4n) is 1.72. The molecule has 0 saturated carbocycles. The van der Waals surface area contributed by atoms with E-state index in [0.717, 1.165) is 11.5 Å². The Balaban J connectivity index is 2.25. The van der Waals surface area contributed by atoms with Crippen LogP contribution in [0.5, 0.6) is 0 Å². The van der Waals surface area contributed by atoms with E-state index in [0.29, 0.717) is 0 Å². The second kappa shape index (κ2) is 4.75. The summed E-state index contributed by atoms with van der Waals surface area (Å²) in [4.78, 5) is 2.09. The molecule has 0 aromatic heterocycles. The van der Waals surface area contributed by atoms with Gasteiger partial charge in [0.15, 0.2) is 0 Å². The average molecular weight is 233 g/mol. The first-order valence-corrected chi connectivity index (χ1v) is 5.73. The van der Waals surface area contributed by atoms with Crippen molar-refractivity contribution in [2.45, 2.75) is 6.42 Å². The summed E-state index contributed by atoms with van der Waals surface area (Å²) < 4.78 is 0. The van der Waals surface area contributed by atoms with Gasteiger partial charge in [-0.25, -0.2) is 0 Å². The lowest BCUT2D eigenvalue weighted by Crippen LogP contribution is -2.08. The summed E-state index contributed by atoms with van der Waals surface area (Å²) in [5.41, 5.74) is 3.64. The lowest BCUT2D eigenvalue weighted by atomic mass is 9.97. The second-order valence-electron chi connectivity index (χ2n) is 4.07. The van der Waals surface area contributed by atoms with Crippen molar-refractivity contribution in [3.05, 3.63) is 53.4 Å². The molecule has 1 radical (unpaired) electrons. The third-order valence-electron chi connectivity index (χ3n) is 2.66. The van der Waals surface area contributed by atoms with Gasteiger partial charge in [-0.15, -0.1) is 0 Å². The minimum atomic E-state index is 0.828. The lowest BCUT2D eigenvalue weighted by Gasteiger charge is -2.14. The van der Waals surface area contributed by atoms with E-state index in [-0.39, 0.29) is 0 Å². The molecule has 16 heavy (non-hydrogen) atoms. The Labute approximate surface area is 102 Å². The van der Waals surface area contributed by atoms with Crippen LogP contribution in [0.25, 0.3) is 5.57 Å². The smallest absolute Gasteiger partial charge is 0.0369 e. The number of halogens is 1. The molecule has 0 spiro atoms. The molecule has 1 aliphatic carbocycles. The number of allylic oxidation sites excluding steroid dienone is 4. The molecular weight excluding hydrogens is 218 g/mol. The predicted octanol–water partition coefficient (Wildman–Crippen LogP) is 3.87. The van der Waals surface area contributed by atoms with Crippen molar-refractivity contribution in [3.63, 3.8) is 0 Å². The Morgan fingerprint density at radius 1 is 1.12 bits per heavy atom. The Morgan fingerprint density at radius 2 is 1.81 bits per heavy atom. The quantitative estimate of drug-likeness (QED) is 0.748. The molecule has 0 amide bonds. The fraction of sp³-hybridized carbons (Fsp3) is 0.214. The number of hydrogen-bond acceptors (Lipinski definition) is 1. The number of anilines is 1. The molecule has 0 bridgehead atoms. The van der Waals surface area contributed by atoms with E-state index in [4.69, 9.17) is 11.6 Å². The highest BCUT2D eigenvalue weighted by atomic mass is 35.5. The maximum absolute atomic E-state index is 6.00. The van der Waals surface area contributed by atoms with Crippen LogP contribution in [0, 0.1) is 6.42 Å². The Morgan fingerprint density at radius 3 is 2.38 bits per heavy atom. The van der Waals surface area contributed by atoms with Crippen LogP contribution in [0.2, 0.25) is 0 Å². The molecule has 0 N–H and O–H groups in total. The average Bonchev–Trinajstić information content (AvgIpc) is 2.29. The molecule has 1 aromatic rings. The maximum atomic E-state index is 6.00. The zero-order chi connectivity index (χ0) is 11.5. The molecule has 0 unspecified atom stereocenters. The second-order valence-corrected chi connectivity index (χ2v) is 4.51. The first-order chi connectivity index (χ1) is 7.66. The lowest BCUT2D eigenvalue weighted by molar-refractivity contribution is 1.13. The van der Waals surface area contributed by atoms with Crippen LogP contribution in [0.1, 0.15) is 12.0 Å². The van der Waals surface area contributed by atoms with Gasteiger partial charge in [-0.1, -0.05) is 29.8 Å². The summed E-state index contributed by atoms with van der Waals surface area (Å²) in [7, 11) is 4.08. The van der Waals surface area contributed by atoms with Crippen molar-refractivity contribution in [3.8, 4) is 0 Å². The van der Waals surface area contributed by atoms with E-state index < -0.39 is 0 Å². The highest BCUT2D eigenvalue weighted by Gasteiger charge is 2.06. The van der Waals surface area contributed by atoms with E-state index in [1.807, 2.05) is 26.2 Å². The Bertz CT molecular complexity index is 427. The van der Waals surface area contributed by atoms with Gasteiger partial charge >= 0.3 is 0 Å². The van der Waals surface area contributed by atoms with Crippen molar-refractivity contribution in [2.75, 3.05) is 19.0 Å². The molecule has 0 heterocycles. The normalized spacial score (nSPS) is 15.4. The summed E-state index contributed by atoms with van der Waals surface area (Å²) in [6, 6.07) is 8.51. The van der Waals surface area contributed by atoms with Crippen molar-refractivity contribution >= 4 is 22.9 Å². The first kappa shape index (κ1) is 11.3. The summed E-state index contributed by atoms with van der Waals surface area (Å²) in [5, 5.41) is 0.828. The van der Waals surface area contributed by atoms with E-state index >= 15 is 0 Å². The molecule has 0 saturated heterocycles. The molecule has 1 nitrogen and oxygen atoms in total. The molecular formula is C14H15ClN. The van der Waals surface area contributed by atoms with Crippen LogP contribution in [0.4, 0.5) is 5.69 Å². The summed E-state index contributed by atoms with van der Waals surface area (Å²) in [6.45, 7) is 0. The van der Waals surface area contributed by atoms with Crippen molar-refractivity contribution in [2.24, 2.45) is 0 Å². The largest absolute Gasteiger partial charge is 0.378 e. The molecule has 0 atom stereocenters. The standard InChI is InChI=1S/C14H15ClN/c1-16(2)14-8-6-11(7-9-14)12-4-3-5-13(15)10-12/h4-10H,3H2,1-2H3. The molecule has 1 aromatic carbocycles. The molecule has 0 aliphatic heterocycles. The van der Waals surface area contributed by atoms with Crippen LogP contribution >= 0.6 is 11.6 Å². The molecule has 83 valence electrons. The van der Waals surface area contributed by atoms with Crippen LogP contribution in [-0.2, 0) is 0 Å². The van der Waals surface area contributed by atoms with Gasteiger partial charge in [0.25, 0.3) is 0 Å². The van der Waals surface area contributed by atoms with E-state index in [1.54, 1.807) is 0 Å². The summed E-state index contributed by atoms with van der Waals surface area (Å²) >= 11 is 6.00. The highest BCUT2D eigenvalue weighted by Crippen LogP contribution is 2.28. The van der Waals surface area contributed by atoms with Gasteiger partial charge in [-0.2, -0.15) is 0 Å². The number of rotatable bonds is 2. The highest BCUT2D eigenvalue weighted by molar-refractivity contribution is 6.32. The number of hydrogen-bond donors (Lipinski definition) is 0. The van der Waals surface area contributed by atoms with E-state index in [2.05, 4.69) is 35.6 Å². The van der Waals surface area contributed by atoms with Crippen LogP contribution in [-0.4, -0.2) is 14.1 Å². The summed E-state index contributed by atoms with van der Waals surface area (Å²) in [5.74, 6) is 0. The Kier molecular flexibility index (Phi) is 3.35.